The Morgan fingerprint density at radius 1 is 1.26 bits per heavy atom. The molecule has 3 rings (SSSR count). The molecule has 3 aromatic rings. The number of carbonyl (C=O) groups excluding carboxylic acids is 1. The summed E-state index contributed by atoms with van der Waals surface area (Å²) in [6, 6.07) is 10.5. The Morgan fingerprint density at radius 2 is 2.04 bits per heavy atom. The summed E-state index contributed by atoms with van der Waals surface area (Å²) in [6.45, 7) is -0.120. The van der Waals surface area contributed by atoms with E-state index in [1.165, 1.54) is 4.57 Å². The molecular weight excluding hydrogens is 296 g/mol. The zero-order chi connectivity index (χ0) is 16.4. The first-order valence-corrected chi connectivity index (χ1v) is 7.06. The summed E-state index contributed by atoms with van der Waals surface area (Å²) < 4.78 is 6.40. The van der Waals surface area contributed by atoms with Crippen molar-refractivity contribution >= 4 is 28.5 Å². The lowest BCUT2D eigenvalue weighted by atomic mass is 10.3. The molecule has 0 saturated carbocycles. The Bertz CT molecular complexity index is 894. The number of nitrogens with one attached hydrogen (secondary N) is 1. The van der Waals surface area contributed by atoms with Crippen LogP contribution >= 0.6 is 0 Å². The van der Waals surface area contributed by atoms with E-state index in [4.69, 9.17) is 4.42 Å². The van der Waals surface area contributed by atoms with E-state index >= 15 is 0 Å². The molecule has 0 spiro atoms. The number of anilines is 2. The molecule has 0 atom stereocenters. The fourth-order valence-electron chi connectivity index (χ4n) is 2.23. The van der Waals surface area contributed by atoms with Crippen LogP contribution in [0.25, 0.3) is 11.1 Å². The van der Waals surface area contributed by atoms with Gasteiger partial charge in [-0.25, -0.2) is 9.78 Å². The summed E-state index contributed by atoms with van der Waals surface area (Å²) >= 11 is 0. The lowest BCUT2D eigenvalue weighted by molar-refractivity contribution is -0.116. The lowest BCUT2D eigenvalue weighted by Gasteiger charge is -2.11. The fourth-order valence-corrected chi connectivity index (χ4v) is 2.23. The van der Waals surface area contributed by atoms with E-state index in [9.17, 15) is 9.59 Å². The van der Waals surface area contributed by atoms with Crippen LogP contribution in [0.4, 0.5) is 11.5 Å². The number of carbonyl (C=O) groups is 1. The van der Waals surface area contributed by atoms with E-state index in [2.05, 4.69) is 10.3 Å². The summed E-state index contributed by atoms with van der Waals surface area (Å²) in [5.41, 5.74) is 1.62. The van der Waals surface area contributed by atoms with Crippen LogP contribution in [0.3, 0.4) is 0 Å². The highest BCUT2D eigenvalue weighted by atomic mass is 16.4. The number of para-hydroxylation sites is 2. The third kappa shape index (κ3) is 3.08. The van der Waals surface area contributed by atoms with Gasteiger partial charge in [-0.05, 0) is 24.3 Å². The molecule has 0 aliphatic carbocycles. The highest BCUT2D eigenvalue weighted by Crippen LogP contribution is 2.13. The number of hydrogen-bond donors (Lipinski definition) is 1. The molecule has 23 heavy (non-hydrogen) atoms. The third-order valence-electron chi connectivity index (χ3n) is 3.37. The number of fused-ring (bicyclic) bond motifs is 1. The van der Waals surface area contributed by atoms with Gasteiger partial charge in [0.1, 0.15) is 12.4 Å². The van der Waals surface area contributed by atoms with E-state index in [0.29, 0.717) is 16.8 Å². The molecule has 0 aliphatic rings. The van der Waals surface area contributed by atoms with E-state index in [0.717, 1.165) is 5.82 Å². The van der Waals surface area contributed by atoms with Gasteiger partial charge in [0, 0.05) is 14.1 Å². The summed E-state index contributed by atoms with van der Waals surface area (Å²) in [5, 5.41) is 2.72. The maximum Gasteiger partial charge on any atom is 0.420 e. The van der Waals surface area contributed by atoms with Crippen LogP contribution in [-0.2, 0) is 11.3 Å². The molecular formula is C16H16N4O3. The van der Waals surface area contributed by atoms with Gasteiger partial charge >= 0.3 is 5.76 Å². The van der Waals surface area contributed by atoms with E-state index < -0.39 is 5.76 Å². The van der Waals surface area contributed by atoms with Gasteiger partial charge in [-0.2, -0.15) is 0 Å². The van der Waals surface area contributed by atoms with Crippen LogP contribution in [0.1, 0.15) is 0 Å². The molecule has 0 fully saturated rings. The molecule has 0 radical (unpaired) electrons. The molecule has 1 amide bonds. The highest BCUT2D eigenvalue weighted by molar-refractivity contribution is 5.91. The molecule has 0 unspecified atom stereocenters. The predicted molar refractivity (Wildman–Crippen MR) is 87.7 cm³/mol. The average Bonchev–Trinajstić information content (AvgIpc) is 2.84. The number of pyridine rings is 1. The van der Waals surface area contributed by atoms with Gasteiger partial charge in [-0.15, -0.1) is 0 Å². The minimum atomic E-state index is -0.553. The van der Waals surface area contributed by atoms with Crippen LogP contribution in [0, 0.1) is 0 Å². The van der Waals surface area contributed by atoms with Crippen molar-refractivity contribution in [3.05, 3.63) is 53.1 Å². The normalized spacial score (nSPS) is 10.7. The molecule has 0 aliphatic heterocycles. The van der Waals surface area contributed by atoms with E-state index in [1.54, 1.807) is 42.6 Å². The van der Waals surface area contributed by atoms with Crippen molar-refractivity contribution < 1.29 is 9.21 Å². The largest absolute Gasteiger partial charge is 0.420 e. The smallest absolute Gasteiger partial charge is 0.408 e. The monoisotopic (exact) mass is 312 g/mol. The van der Waals surface area contributed by atoms with Crippen LogP contribution in [-0.4, -0.2) is 29.6 Å². The molecule has 1 aromatic carbocycles. The quantitative estimate of drug-likeness (QED) is 0.793. The van der Waals surface area contributed by atoms with Crippen molar-refractivity contribution in [1.82, 2.24) is 9.55 Å². The molecule has 7 nitrogen and oxygen atoms in total. The molecule has 2 aromatic heterocycles. The van der Waals surface area contributed by atoms with Crippen LogP contribution < -0.4 is 16.0 Å². The van der Waals surface area contributed by atoms with Gasteiger partial charge in [-0.3, -0.25) is 9.36 Å². The number of aromatic nitrogens is 2. The topological polar surface area (TPSA) is 80.4 Å². The summed E-state index contributed by atoms with van der Waals surface area (Å²) in [6.07, 6.45) is 1.57. The van der Waals surface area contributed by atoms with Gasteiger partial charge in [-0.1, -0.05) is 12.1 Å². The molecule has 2 heterocycles. The van der Waals surface area contributed by atoms with Gasteiger partial charge < -0.3 is 14.6 Å². The number of amides is 1. The number of nitrogens with zero attached hydrogens (tertiary/aromatic N) is 3. The third-order valence-corrected chi connectivity index (χ3v) is 3.37. The molecule has 118 valence electrons. The van der Waals surface area contributed by atoms with Gasteiger partial charge in [0.25, 0.3) is 0 Å². The minimum Gasteiger partial charge on any atom is -0.408 e. The zero-order valence-electron chi connectivity index (χ0n) is 12.8. The Morgan fingerprint density at radius 3 is 2.74 bits per heavy atom. The standard InChI is InChI=1S/C16H16N4O3/c1-19(2)14-8-7-11(9-17-14)18-15(21)10-20-12-5-3-4-6-13(12)23-16(20)22/h3-9H,10H2,1-2H3,(H,18,21). The summed E-state index contributed by atoms with van der Waals surface area (Å²) in [7, 11) is 3.77. The van der Waals surface area contributed by atoms with Crippen molar-refractivity contribution in [3.8, 4) is 0 Å². The SMILES string of the molecule is CN(C)c1ccc(NC(=O)Cn2c(=O)oc3ccccc32)cn1. The van der Waals surface area contributed by atoms with Crippen LogP contribution in [0.15, 0.2) is 51.8 Å². The molecule has 0 saturated heterocycles. The summed E-state index contributed by atoms with van der Waals surface area (Å²) in [5.74, 6) is -0.0828. The van der Waals surface area contributed by atoms with Gasteiger partial charge in [0.05, 0.1) is 17.4 Å². The first-order chi connectivity index (χ1) is 11.0. The zero-order valence-corrected chi connectivity index (χ0v) is 12.8. The van der Waals surface area contributed by atoms with Gasteiger partial charge in [0.15, 0.2) is 5.58 Å². The van der Waals surface area contributed by atoms with Crippen molar-refractivity contribution in [1.29, 1.82) is 0 Å². The Hall–Kier alpha value is -3.09. The lowest BCUT2D eigenvalue weighted by Crippen LogP contribution is -2.24. The van der Waals surface area contributed by atoms with Crippen molar-refractivity contribution in [2.75, 3.05) is 24.3 Å². The molecule has 1 N–H and O–H groups in total. The second-order valence-corrected chi connectivity index (χ2v) is 5.27. The molecule has 0 bridgehead atoms. The van der Waals surface area contributed by atoms with Gasteiger partial charge in [0.2, 0.25) is 5.91 Å². The Labute approximate surface area is 132 Å². The van der Waals surface area contributed by atoms with Crippen LogP contribution in [0.5, 0.6) is 0 Å². The van der Waals surface area contributed by atoms with E-state index in [-0.39, 0.29) is 12.5 Å². The Kier molecular flexibility index (Phi) is 3.84. The first-order valence-electron chi connectivity index (χ1n) is 7.06. The number of benzene rings is 1. The number of oxazole rings is 1. The van der Waals surface area contributed by atoms with Crippen LogP contribution in [0.2, 0.25) is 0 Å². The number of hydrogen-bond acceptors (Lipinski definition) is 5. The highest BCUT2D eigenvalue weighted by Gasteiger charge is 2.12. The average molecular weight is 312 g/mol. The van der Waals surface area contributed by atoms with E-state index in [1.807, 2.05) is 19.0 Å². The predicted octanol–water partition coefficient (Wildman–Crippen LogP) is 1.69. The van der Waals surface area contributed by atoms with Crippen molar-refractivity contribution in [3.63, 3.8) is 0 Å². The first kappa shape index (κ1) is 14.8. The second-order valence-electron chi connectivity index (χ2n) is 5.27. The fraction of sp³-hybridized carbons (Fsp3) is 0.188. The minimum absolute atomic E-state index is 0.120. The second kappa shape index (κ2) is 5.96. The van der Waals surface area contributed by atoms with Crippen molar-refractivity contribution in [2.45, 2.75) is 6.54 Å². The maximum absolute atomic E-state index is 12.1. The van der Waals surface area contributed by atoms with Crippen molar-refractivity contribution in [2.24, 2.45) is 0 Å². The maximum atomic E-state index is 12.1. The Balaban J connectivity index is 1.76. The number of rotatable bonds is 4. The summed E-state index contributed by atoms with van der Waals surface area (Å²) in [4.78, 5) is 30.1. The molecule has 7 heteroatoms.